The van der Waals surface area contributed by atoms with E-state index < -0.39 is 10.0 Å². The zero-order valence-electron chi connectivity index (χ0n) is 13.1. The molecule has 1 aliphatic rings. The van der Waals surface area contributed by atoms with Crippen molar-refractivity contribution in [2.45, 2.75) is 25.9 Å². The van der Waals surface area contributed by atoms with Gasteiger partial charge in [-0.2, -0.15) is 0 Å². The number of sulfonamides is 1. The third kappa shape index (κ3) is 4.75. The largest absolute Gasteiger partial charge is 0.326 e. The fourth-order valence-electron chi connectivity index (χ4n) is 3.26. The molecule has 7 heteroatoms. The average molecular weight is 334 g/mol. The van der Waals surface area contributed by atoms with E-state index in [0.717, 1.165) is 13.1 Å². The van der Waals surface area contributed by atoms with Crippen LogP contribution in [0, 0.1) is 0 Å². The summed E-state index contributed by atoms with van der Waals surface area (Å²) in [7, 11) is -3.18. The van der Waals surface area contributed by atoms with Crippen LogP contribution in [-0.4, -0.2) is 53.4 Å². The number of rotatable bonds is 6. The van der Waals surface area contributed by atoms with Crippen LogP contribution < -0.4 is 14.5 Å². The van der Waals surface area contributed by atoms with Crippen LogP contribution in [0.25, 0.3) is 0 Å². The lowest BCUT2D eigenvalue weighted by atomic mass is 10.1. The predicted octanol–water partition coefficient (Wildman–Crippen LogP) is -1.47. The monoisotopic (exact) mass is 333 g/mol. The van der Waals surface area contributed by atoms with Crippen LogP contribution in [0.3, 0.4) is 0 Å². The third-order valence-electron chi connectivity index (χ3n) is 4.29. The first-order valence-corrected chi connectivity index (χ1v) is 10.4. The summed E-state index contributed by atoms with van der Waals surface area (Å²) in [5.74, 6) is 0. The summed E-state index contributed by atoms with van der Waals surface area (Å²) in [4.78, 5) is 4.42. The molecule has 1 saturated heterocycles. The Labute approximate surface area is 132 Å². The van der Waals surface area contributed by atoms with Gasteiger partial charge in [-0.05, 0) is 25.3 Å². The van der Waals surface area contributed by atoms with E-state index in [2.05, 4.69) is 23.1 Å². The minimum absolute atomic E-state index is 0.0863. The van der Waals surface area contributed by atoms with Gasteiger partial charge in [0.15, 0.2) is 0 Å². The average Bonchev–Trinajstić information content (AvgIpc) is 2.91. The Morgan fingerprint density at radius 2 is 2.00 bits per heavy atom. The normalized spacial score (nSPS) is 26.4. The van der Waals surface area contributed by atoms with Gasteiger partial charge in [0.2, 0.25) is 10.0 Å². The molecule has 1 fully saturated rings. The summed E-state index contributed by atoms with van der Waals surface area (Å²) in [6, 6.07) is 4.30. The molecule has 2 rings (SSSR count). The molecule has 0 amide bonds. The third-order valence-corrected chi connectivity index (χ3v) is 6.04. The summed E-state index contributed by atoms with van der Waals surface area (Å²) < 4.78 is 25.9. The standard InChI is InChI=1S/C14H25N3O2S2/c1-4-16-7-9-17(10-8-16)14(13-6-5-11-20-13)12(2)15-21(3,18)19/h5-6,11-12,14-15H,4,7-10H2,1-3H3/p+2/t12-,14-/m1/s1. The fraction of sp³-hybridized carbons (Fsp3) is 0.714. The quantitative estimate of drug-likeness (QED) is 0.595. The maximum absolute atomic E-state index is 11.6. The topological polar surface area (TPSA) is 55.1 Å². The van der Waals surface area contributed by atoms with Gasteiger partial charge in [0.05, 0.1) is 23.7 Å². The van der Waals surface area contributed by atoms with Crippen molar-refractivity contribution >= 4 is 21.4 Å². The zero-order chi connectivity index (χ0) is 15.5. The van der Waals surface area contributed by atoms with Gasteiger partial charge < -0.3 is 9.80 Å². The highest BCUT2D eigenvalue weighted by molar-refractivity contribution is 7.88. The Kier molecular flexibility index (Phi) is 5.79. The number of hydrogen-bond donors (Lipinski definition) is 3. The van der Waals surface area contributed by atoms with E-state index >= 15 is 0 Å². The number of nitrogens with one attached hydrogen (secondary N) is 3. The Bertz CT molecular complexity index is 522. The van der Waals surface area contributed by atoms with E-state index in [4.69, 9.17) is 0 Å². The molecule has 0 aliphatic carbocycles. The van der Waals surface area contributed by atoms with Crippen LogP contribution in [0.4, 0.5) is 0 Å². The van der Waals surface area contributed by atoms with Crippen LogP contribution >= 0.6 is 11.3 Å². The first-order chi connectivity index (χ1) is 9.90. The molecule has 3 N–H and O–H groups in total. The van der Waals surface area contributed by atoms with Crippen molar-refractivity contribution in [2.24, 2.45) is 0 Å². The lowest BCUT2D eigenvalue weighted by Gasteiger charge is -2.36. The predicted molar refractivity (Wildman–Crippen MR) is 86.4 cm³/mol. The number of piperazine rings is 1. The Morgan fingerprint density at radius 3 is 2.48 bits per heavy atom. The molecule has 1 aromatic heterocycles. The minimum Gasteiger partial charge on any atom is -0.326 e. The van der Waals surface area contributed by atoms with Gasteiger partial charge in [0.25, 0.3) is 0 Å². The van der Waals surface area contributed by atoms with Crippen molar-refractivity contribution in [3.05, 3.63) is 22.4 Å². The van der Waals surface area contributed by atoms with E-state index in [9.17, 15) is 8.42 Å². The first-order valence-electron chi connectivity index (χ1n) is 7.59. The van der Waals surface area contributed by atoms with Crippen molar-refractivity contribution in [3.63, 3.8) is 0 Å². The second-order valence-electron chi connectivity index (χ2n) is 5.93. The Morgan fingerprint density at radius 1 is 1.33 bits per heavy atom. The van der Waals surface area contributed by atoms with Crippen LogP contribution in [0.1, 0.15) is 24.8 Å². The molecule has 120 valence electrons. The lowest BCUT2D eigenvalue weighted by Crippen LogP contribution is -3.28. The highest BCUT2D eigenvalue weighted by Gasteiger charge is 2.35. The van der Waals surface area contributed by atoms with Gasteiger partial charge in [-0.1, -0.05) is 6.07 Å². The zero-order valence-corrected chi connectivity index (χ0v) is 14.7. The molecule has 0 unspecified atom stereocenters. The molecule has 0 aromatic carbocycles. The van der Waals surface area contributed by atoms with Crippen molar-refractivity contribution in [3.8, 4) is 0 Å². The van der Waals surface area contributed by atoms with Crippen molar-refractivity contribution < 1.29 is 18.2 Å². The van der Waals surface area contributed by atoms with Crippen LogP contribution in [0.5, 0.6) is 0 Å². The molecule has 1 aliphatic heterocycles. The summed E-state index contributed by atoms with van der Waals surface area (Å²) in [6.45, 7) is 9.91. The summed E-state index contributed by atoms with van der Waals surface area (Å²) >= 11 is 1.72. The summed E-state index contributed by atoms with van der Waals surface area (Å²) in [5, 5.41) is 2.07. The van der Waals surface area contributed by atoms with Gasteiger partial charge in [0.1, 0.15) is 32.2 Å². The van der Waals surface area contributed by atoms with Crippen molar-refractivity contribution in [2.75, 3.05) is 39.0 Å². The highest BCUT2D eigenvalue weighted by Crippen LogP contribution is 2.20. The number of likely N-dealkylation sites (N-methyl/N-ethyl adjacent to an activating group) is 1. The van der Waals surface area contributed by atoms with Gasteiger partial charge in [-0.25, -0.2) is 13.1 Å². The molecule has 21 heavy (non-hydrogen) atoms. The molecule has 0 bridgehead atoms. The van der Waals surface area contributed by atoms with Gasteiger partial charge in [-0.3, -0.25) is 0 Å². The maximum atomic E-state index is 11.6. The minimum atomic E-state index is -3.18. The van der Waals surface area contributed by atoms with Crippen LogP contribution in [0.2, 0.25) is 0 Å². The molecule has 2 heterocycles. The van der Waals surface area contributed by atoms with Gasteiger partial charge >= 0.3 is 0 Å². The van der Waals surface area contributed by atoms with E-state index in [0.29, 0.717) is 0 Å². The van der Waals surface area contributed by atoms with Crippen LogP contribution in [-0.2, 0) is 10.0 Å². The van der Waals surface area contributed by atoms with Gasteiger partial charge in [0, 0.05) is 0 Å². The van der Waals surface area contributed by atoms with E-state index in [1.54, 1.807) is 16.2 Å². The van der Waals surface area contributed by atoms with E-state index in [1.165, 1.54) is 35.7 Å². The molecule has 0 saturated carbocycles. The van der Waals surface area contributed by atoms with E-state index in [-0.39, 0.29) is 12.1 Å². The Hall–Kier alpha value is -0.470. The van der Waals surface area contributed by atoms with Crippen molar-refractivity contribution in [1.29, 1.82) is 0 Å². The fourth-order valence-corrected chi connectivity index (χ4v) is 5.06. The molecule has 5 nitrogen and oxygen atoms in total. The van der Waals surface area contributed by atoms with Gasteiger partial charge in [-0.15, -0.1) is 11.3 Å². The molecule has 1 aromatic rings. The highest BCUT2D eigenvalue weighted by atomic mass is 32.2. The number of thiophene rings is 1. The van der Waals surface area contributed by atoms with Crippen LogP contribution in [0.15, 0.2) is 17.5 Å². The smallest absolute Gasteiger partial charge is 0.209 e. The Balaban J connectivity index is 2.14. The molecular formula is C14H27N3O2S2+2. The molecular weight excluding hydrogens is 306 g/mol. The SMILES string of the molecule is CC[NH+]1CC[NH+]([C@@H](c2cccs2)[C@@H](C)NS(C)(=O)=O)CC1. The molecule has 2 atom stereocenters. The molecule has 0 radical (unpaired) electrons. The lowest BCUT2D eigenvalue weighted by molar-refractivity contribution is -1.03. The second-order valence-corrected chi connectivity index (χ2v) is 8.69. The number of hydrogen-bond acceptors (Lipinski definition) is 3. The first kappa shape index (κ1) is 16.9. The maximum Gasteiger partial charge on any atom is 0.209 e. The molecule has 0 spiro atoms. The van der Waals surface area contributed by atoms with E-state index in [1.807, 2.05) is 13.0 Å². The van der Waals surface area contributed by atoms with Crippen molar-refractivity contribution in [1.82, 2.24) is 4.72 Å². The second kappa shape index (κ2) is 7.19. The summed E-state index contributed by atoms with van der Waals surface area (Å²) in [6.07, 6.45) is 1.24. The summed E-state index contributed by atoms with van der Waals surface area (Å²) in [5.41, 5.74) is 0. The number of quaternary nitrogens is 2.